The number of hydrogen-bond acceptors (Lipinski definition) is 4. The van der Waals surface area contributed by atoms with Gasteiger partial charge in [0.1, 0.15) is 11.5 Å². The molecule has 0 atom stereocenters. The molecule has 0 bridgehead atoms. The van der Waals surface area contributed by atoms with E-state index in [2.05, 4.69) is 12.2 Å². The van der Waals surface area contributed by atoms with Crippen molar-refractivity contribution >= 4 is 11.8 Å². The predicted octanol–water partition coefficient (Wildman–Crippen LogP) is 3.45. The molecule has 1 aliphatic heterocycles. The topological polar surface area (TPSA) is 67.9 Å². The van der Waals surface area contributed by atoms with E-state index in [1.165, 1.54) is 5.56 Å². The van der Waals surface area contributed by atoms with Gasteiger partial charge < -0.3 is 19.7 Å². The van der Waals surface area contributed by atoms with Crippen LogP contribution in [-0.4, -0.2) is 49.6 Å². The van der Waals surface area contributed by atoms with Gasteiger partial charge in [-0.2, -0.15) is 0 Å². The molecule has 0 radical (unpaired) electrons. The van der Waals surface area contributed by atoms with Crippen LogP contribution in [0.5, 0.6) is 11.5 Å². The second kappa shape index (κ2) is 10.7. The summed E-state index contributed by atoms with van der Waals surface area (Å²) in [5, 5.41) is 3.02. The second-order valence-electron chi connectivity index (χ2n) is 7.52. The number of methoxy groups -OCH3 is 1. The Morgan fingerprint density at radius 2 is 1.77 bits per heavy atom. The highest BCUT2D eigenvalue weighted by molar-refractivity contribution is 5.97. The number of rotatable bonds is 8. The molecule has 1 fully saturated rings. The van der Waals surface area contributed by atoms with E-state index < -0.39 is 0 Å². The Balaban J connectivity index is 1.42. The lowest BCUT2D eigenvalue weighted by Crippen LogP contribution is -2.47. The van der Waals surface area contributed by atoms with Gasteiger partial charge in [0.2, 0.25) is 0 Å². The summed E-state index contributed by atoms with van der Waals surface area (Å²) >= 11 is 0. The maximum atomic E-state index is 12.8. The average Bonchev–Trinajstić information content (AvgIpc) is 2.79. The molecule has 160 valence electrons. The van der Waals surface area contributed by atoms with E-state index >= 15 is 0 Å². The zero-order valence-electron chi connectivity index (χ0n) is 17.7. The van der Waals surface area contributed by atoms with E-state index in [9.17, 15) is 9.59 Å². The number of likely N-dealkylation sites (tertiary alicyclic amines) is 1. The van der Waals surface area contributed by atoms with Crippen LogP contribution in [0, 0.1) is 0 Å². The Morgan fingerprint density at radius 3 is 2.43 bits per heavy atom. The third-order valence-electron chi connectivity index (χ3n) is 5.32. The van der Waals surface area contributed by atoms with Crippen LogP contribution in [0.3, 0.4) is 0 Å². The lowest BCUT2D eigenvalue weighted by molar-refractivity contribution is -0.124. The van der Waals surface area contributed by atoms with E-state index in [0.29, 0.717) is 30.2 Å². The standard InChI is InChI=1S/C24H30N2O4/c1-3-6-18-9-11-20(12-10-18)30-17-23(27)25-19-13-15-26(16-14-19)24(28)21-7-4-5-8-22(21)29-2/h4-5,7-12,19H,3,6,13-17H2,1-2H3,(H,25,27). The molecule has 6 heteroatoms. The van der Waals surface area contributed by atoms with E-state index in [0.717, 1.165) is 25.7 Å². The Bertz CT molecular complexity index is 843. The van der Waals surface area contributed by atoms with Crippen molar-refractivity contribution in [3.05, 3.63) is 59.7 Å². The Labute approximate surface area is 178 Å². The molecular formula is C24H30N2O4. The number of amides is 2. The van der Waals surface area contributed by atoms with Crippen LogP contribution >= 0.6 is 0 Å². The number of nitrogens with zero attached hydrogens (tertiary/aromatic N) is 1. The third kappa shape index (κ3) is 5.75. The van der Waals surface area contributed by atoms with Crippen LogP contribution < -0.4 is 14.8 Å². The smallest absolute Gasteiger partial charge is 0.258 e. The van der Waals surface area contributed by atoms with E-state index in [4.69, 9.17) is 9.47 Å². The van der Waals surface area contributed by atoms with Crippen molar-refractivity contribution in [2.75, 3.05) is 26.8 Å². The van der Waals surface area contributed by atoms with Crippen LogP contribution in [-0.2, 0) is 11.2 Å². The van der Waals surface area contributed by atoms with Gasteiger partial charge in [-0.3, -0.25) is 9.59 Å². The van der Waals surface area contributed by atoms with E-state index in [1.54, 1.807) is 19.2 Å². The fourth-order valence-corrected chi connectivity index (χ4v) is 3.68. The van der Waals surface area contributed by atoms with Gasteiger partial charge in [-0.15, -0.1) is 0 Å². The van der Waals surface area contributed by atoms with Crippen molar-refractivity contribution in [2.45, 2.75) is 38.6 Å². The number of nitrogens with one attached hydrogen (secondary N) is 1. The summed E-state index contributed by atoms with van der Waals surface area (Å²) in [7, 11) is 1.56. The van der Waals surface area contributed by atoms with Gasteiger partial charge in [0.05, 0.1) is 12.7 Å². The van der Waals surface area contributed by atoms with Gasteiger partial charge in [0.15, 0.2) is 6.61 Å². The van der Waals surface area contributed by atoms with Crippen LogP contribution in [0.1, 0.15) is 42.1 Å². The normalized spacial score (nSPS) is 14.3. The van der Waals surface area contributed by atoms with Gasteiger partial charge >= 0.3 is 0 Å². The number of carbonyl (C=O) groups is 2. The largest absolute Gasteiger partial charge is 0.496 e. The average molecular weight is 411 g/mol. The summed E-state index contributed by atoms with van der Waals surface area (Å²) in [4.78, 5) is 26.8. The fraction of sp³-hybridized carbons (Fsp3) is 0.417. The minimum absolute atomic E-state index is 0.00646. The number of benzene rings is 2. The first-order valence-electron chi connectivity index (χ1n) is 10.5. The summed E-state index contributed by atoms with van der Waals surface area (Å²) in [6, 6.07) is 15.2. The maximum absolute atomic E-state index is 12.8. The maximum Gasteiger partial charge on any atom is 0.258 e. The number of hydrogen-bond donors (Lipinski definition) is 1. The third-order valence-corrected chi connectivity index (χ3v) is 5.32. The van der Waals surface area contributed by atoms with Crippen LogP contribution in [0.4, 0.5) is 0 Å². The molecule has 2 amide bonds. The molecule has 0 saturated carbocycles. The molecule has 6 nitrogen and oxygen atoms in total. The molecule has 1 aliphatic rings. The van der Waals surface area contributed by atoms with Crippen LogP contribution in [0.15, 0.2) is 48.5 Å². The molecule has 1 N–H and O–H groups in total. The zero-order chi connectivity index (χ0) is 21.3. The molecule has 2 aromatic rings. The first kappa shape index (κ1) is 21.7. The van der Waals surface area contributed by atoms with E-state index in [-0.39, 0.29) is 24.5 Å². The summed E-state index contributed by atoms with van der Waals surface area (Å²) < 4.78 is 10.9. The summed E-state index contributed by atoms with van der Waals surface area (Å²) in [6.45, 7) is 3.34. The highest BCUT2D eigenvalue weighted by atomic mass is 16.5. The van der Waals surface area contributed by atoms with Gasteiger partial charge in [-0.25, -0.2) is 0 Å². The van der Waals surface area contributed by atoms with E-state index in [1.807, 2.05) is 41.3 Å². The SMILES string of the molecule is CCCc1ccc(OCC(=O)NC2CCN(C(=O)c3ccccc3OC)CC2)cc1. The van der Waals surface area contributed by atoms with Crippen molar-refractivity contribution in [2.24, 2.45) is 0 Å². The minimum Gasteiger partial charge on any atom is -0.496 e. The monoisotopic (exact) mass is 410 g/mol. The molecule has 0 aliphatic carbocycles. The minimum atomic E-state index is -0.137. The molecule has 1 saturated heterocycles. The fourth-order valence-electron chi connectivity index (χ4n) is 3.68. The highest BCUT2D eigenvalue weighted by Crippen LogP contribution is 2.21. The first-order chi connectivity index (χ1) is 14.6. The Hall–Kier alpha value is -3.02. The lowest BCUT2D eigenvalue weighted by Gasteiger charge is -2.32. The molecule has 30 heavy (non-hydrogen) atoms. The van der Waals surface area contributed by atoms with Crippen molar-refractivity contribution in [1.29, 1.82) is 0 Å². The molecule has 3 rings (SSSR count). The number of ether oxygens (including phenoxy) is 2. The van der Waals surface area contributed by atoms with Crippen molar-refractivity contribution in [1.82, 2.24) is 10.2 Å². The summed E-state index contributed by atoms with van der Waals surface area (Å²) in [6.07, 6.45) is 3.58. The molecule has 0 spiro atoms. The molecule has 0 unspecified atom stereocenters. The van der Waals surface area contributed by atoms with Crippen molar-refractivity contribution in [3.63, 3.8) is 0 Å². The van der Waals surface area contributed by atoms with Gasteiger partial charge in [-0.1, -0.05) is 37.6 Å². The molecule has 0 aromatic heterocycles. The molecule has 1 heterocycles. The number of para-hydroxylation sites is 1. The second-order valence-corrected chi connectivity index (χ2v) is 7.52. The van der Waals surface area contributed by atoms with Crippen LogP contribution in [0.25, 0.3) is 0 Å². The Morgan fingerprint density at radius 1 is 1.07 bits per heavy atom. The summed E-state index contributed by atoms with van der Waals surface area (Å²) in [5.74, 6) is 1.11. The van der Waals surface area contributed by atoms with Crippen molar-refractivity contribution < 1.29 is 19.1 Å². The molecule has 2 aromatic carbocycles. The number of piperidine rings is 1. The number of carbonyl (C=O) groups excluding carboxylic acids is 2. The Kier molecular flexibility index (Phi) is 7.71. The quantitative estimate of drug-likeness (QED) is 0.724. The lowest BCUT2D eigenvalue weighted by atomic mass is 10.0. The zero-order valence-corrected chi connectivity index (χ0v) is 17.7. The van der Waals surface area contributed by atoms with Gasteiger partial charge in [-0.05, 0) is 49.1 Å². The highest BCUT2D eigenvalue weighted by Gasteiger charge is 2.26. The molecular weight excluding hydrogens is 380 g/mol. The van der Waals surface area contributed by atoms with Crippen molar-refractivity contribution in [3.8, 4) is 11.5 Å². The van der Waals surface area contributed by atoms with Crippen LogP contribution in [0.2, 0.25) is 0 Å². The summed E-state index contributed by atoms with van der Waals surface area (Å²) in [5.41, 5.74) is 1.84. The predicted molar refractivity (Wildman–Crippen MR) is 116 cm³/mol. The van der Waals surface area contributed by atoms with Gasteiger partial charge in [0.25, 0.3) is 11.8 Å². The number of aryl methyl sites for hydroxylation is 1. The van der Waals surface area contributed by atoms with Gasteiger partial charge in [0, 0.05) is 19.1 Å². The first-order valence-corrected chi connectivity index (χ1v) is 10.5.